The van der Waals surface area contributed by atoms with Crippen molar-refractivity contribution in [2.75, 3.05) is 11.4 Å². The average Bonchev–Trinajstić information content (AvgIpc) is 2.66. The Labute approximate surface area is 100 Å². The van der Waals surface area contributed by atoms with Crippen LogP contribution in [-0.4, -0.2) is 34.6 Å². The highest BCUT2D eigenvalue weighted by Crippen LogP contribution is 2.32. The van der Waals surface area contributed by atoms with Gasteiger partial charge in [0.1, 0.15) is 5.92 Å². The number of ketones is 1. The first-order chi connectivity index (χ1) is 8.02. The van der Waals surface area contributed by atoms with E-state index >= 15 is 0 Å². The van der Waals surface area contributed by atoms with Crippen LogP contribution in [0.2, 0.25) is 0 Å². The third-order valence-corrected chi connectivity index (χ3v) is 3.42. The number of aliphatic carboxylic acids is 1. The number of Topliss-reactive ketones (excluding diaryl/α,β-unsaturated/α-hetero) is 1. The molecular weight excluding hydrogens is 246 g/mol. The molecule has 1 atom stereocenters. The van der Waals surface area contributed by atoms with E-state index in [2.05, 4.69) is 0 Å². The lowest BCUT2D eigenvalue weighted by atomic mass is 9.97. The lowest BCUT2D eigenvalue weighted by Gasteiger charge is -2.16. The van der Waals surface area contributed by atoms with Gasteiger partial charge in [-0.15, -0.1) is 11.3 Å². The van der Waals surface area contributed by atoms with Crippen molar-refractivity contribution in [1.82, 2.24) is 0 Å². The molecule has 2 N–H and O–H groups in total. The molecule has 17 heavy (non-hydrogen) atoms. The summed E-state index contributed by atoms with van der Waals surface area (Å²) in [7, 11) is 0. The average molecular weight is 255 g/mol. The first-order valence-electron chi connectivity index (χ1n) is 4.86. The number of rotatable bonds is 1. The highest BCUT2D eigenvalue weighted by molar-refractivity contribution is 7.08. The fraction of sp³-hybridized carbons (Fsp3) is 0.300. The predicted octanol–water partition coefficient (Wildman–Crippen LogP) is 1.52. The molecule has 1 aliphatic heterocycles. The molecule has 1 unspecified atom stereocenters. The SMILES string of the molecule is O=C(O)C1CCN(C(=O)O)c2cscc2C1=O. The van der Waals surface area contributed by atoms with Gasteiger partial charge in [-0.1, -0.05) is 0 Å². The highest BCUT2D eigenvalue weighted by Gasteiger charge is 2.35. The van der Waals surface area contributed by atoms with Crippen LogP contribution < -0.4 is 4.90 Å². The third-order valence-electron chi connectivity index (χ3n) is 2.68. The quantitative estimate of drug-likeness (QED) is 0.742. The summed E-state index contributed by atoms with van der Waals surface area (Å²) in [5, 5.41) is 21.0. The second-order valence-electron chi connectivity index (χ2n) is 3.65. The van der Waals surface area contributed by atoms with Gasteiger partial charge in [-0.25, -0.2) is 4.79 Å². The predicted molar refractivity (Wildman–Crippen MR) is 59.8 cm³/mol. The molecule has 7 heteroatoms. The van der Waals surface area contributed by atoms with Crippen molar-refractivity contribution in [3.05, 3.63) is 16.3 Å². The Bertz CT molecular complexity index is 495. The number of carbonyl (C=O) groups is 3. The van der Waals surface area contributed by atoms with Crippen LogP contribution in [0.3, 0.4) is 0 Å². The number of hydrogen-bond donors (Lipinski definition) is 2. The highest BCUT2D eigenvalue weighted by atomic mass is 32.1. The Morgan fingerprint density at radius 3 is 2.65 bits per heavy atom. The number of carboxylic acids is 1. The lowest BCUT2D eigenvalue weighted by Crippen LogP contribution is -2.30. The minimum atomic E-state index is -1.21. The smallest absolute Gasteiger partial charge is 0.411 e. The second-order valence-corrected chi connectivity index (χ2v) is 4.39. The van der Waals surface area contributed by atoms with E-state index in [0.717, 1.165) is 4.90 Å². The van der Waals surface area contributed by atoms with Crippen LogP contribution in [0.1, 0.15) is 16.8 Å². The molecule has 1 aromatic heterocycles. The van der Waals surface area contributed by atoms with Crippen molar-refractivity contribution in [3.63, 3.8) is 0 Å². The molecule has 0 radical (unpaired) electrons. The summed E-state index contributed by atoms with van der Waals surface area (Å²) in [6.45, 7) is 0.0156. The first-order valence-corrected chi connectivity index (χ1v) is 5.80. The van der Waals surface area contributed by atoms with Crippen molar-refractivity contribution in [2.45, 2.75) is 6.42 Å². The number of amides is 1. The molecule has 1 amide bonds. The summed E-state index contributed by atoms with van der Waals surface area (Å²) < 4.78 is 0. The molecule has 0 spiro atoms. The molecule has 0 saturated heterocycles. The van der Waals surface area contributed by atoms with Crippen molar-refractivity contribution in [1.29, 1.82) is 0 Å². The van der Waals surface area contributed by atoms with Gasteiger partial charge in [0.2, 0.25) is 0 Å². The van der Waals surface area contributed by atoms with Gasteiger partial charge in [-0.05, 0) is 6.42 Å². The van der Waals surface area contributed by atoms with Crippen molar-refractivity contribution < 1.29 is 24.6 Å². The minimum absolute atomic E-state index is 0.000185. The molecule has 2 heterocycles. The molecule has 90 valence electrons. The van der Waals surface area contributed by atoms with Crippen molar-refractivity contribution in [2.24, 2.45) is 5.92 Å². The molecule has 0 aliphatic carbocycles. The van der Waals surface area contributed by atoms with Crippen LogP contribution in [0.5, 0.6) is 0 Å². The zero-order valence-electron chi connectivity index (χ0n) is 8.62. The number of carbonyl (C=O) groups excluding carboxylic acids is 1. The fourth-order valence-corrected chi connectivity index (χ4v) is 2.64. The fourth-order valence-electron chi connectivity index (χ4n) is 1.82. The third kappa shape index (κ3) is 1.89. The van der Waals surface area contributed by atoms with Crippen LogP contribution >= 0.6 is 11.3 Å². The molecule has 0 bridgehead atoms. The van der Waals surface area contributed by atoms with Gasteiger partial charge in [0.05, 0.1) is 11.3 Å². The summed E-state index contributed by atoms with van der Waals surface area (Å²) in [6.07, 6.45) is -1.18. The van der Waals surface area contributed by atoms with Crippen molar-refractivity contribution in [3.8, 4) is 0 Å². The second kappa shape index (κ2) is 4.17. The van der Waals surface area contributed by atoms with E-state index in [1.165, 1.54) is 16.7 Å². The molecule has 2 rings (SSSR count). The molecule has 1 aliphatic rings. The van der Waals surface area contributed by atoms with Gasteiger partial charge in [0.15, 0.2) is 5.78 Å². The summed E-state index contributed by atoms with van der Waals surface area (Å²) in [5.41, 5.74) is 0.471. The Balaban J connectivity index is 2.47. The molecule has 0 fully saturated rings. The van der Waals surface area contributed by atoms with Crippen LogP contribution in [0.25, 0.3) is 0 Å². The number of nitrogens with zero attached hydrogens (tertiary/aromatic N) is 1. The van der Waals surface area contributed by atoms with E-state index in [0.29, 0.717) is 0 Å². The Kier molecular flexibility index (Phi) is 2.84. The molecule has 0 aromatic carbocycles. The number of fused-ring (bicyclic) bond motifs is 1. The van der Waals surface area contributed by atoms with Crippen LogP contribution in [0.15, 0.2) is 10.8 Å². The molecule has 0 saturated carbocycles. The summed E-state index contributed by atoms with van der Waals surface area (Å²) in [4.78, 5) is 34.9. The standard InChI is InChI=1S/C10H9NO5S/c12-8-5(9(13)14)1-2-11(10(15)16)7-4-17-3-6(7)8/h3-5H,1-2H2,(H,13,14)(H,15,16). The van der Waals surface area contributed by atoms with E-state index < -0.39 is 23.8 Å². The van der Waals surface area contributed by atoms with E-state index in [-0.39, 0.29) is 24.2 Å². The normalized spacial score (nSPS) is 19.6. The van der Waals surface area contributed by atoms with E-state index in [1.807, 2.05) is 0 Å². The lowest BCUT2D eigenvalue weighted by molar-refractivity contribution is -0.140. The summed E-state index contributed by atoms with van der Waals surface area (Å²) in [5.74, 6) is -2.88. The molecule has 6 nitrogen and oxygen atoms in total. The van der Waals surface area contributed by atoms with Gasteiger partial charge in [-0.3, -0.25) is 14.5 Å². The number of thiophene rings is 1. The van der Waals surface area contributed by atoms with Crippen LogP contribution in [-0.2, 0) is 4.79 Å². The van der Waals surface area contributed by atoms with E-state index in [4.69, 9.17) is 10.2 Å². The van der Waals surface area contributed by atoms with Gasteiger partial charge in [0, 0.05) is 17.3 Å². The maximum atomic E-state index is 11.9. The topological polar surface area (TPSA) is 94.9 Å². The minimum Gasteiger partial charge on any atom is -0.481 e. The van der Waals surface area contributed by atoms with Gasteiger partial charge < -0.3 is 10.2 Å². The van der Waals surface area contributed by atoms with Crippen LogP contribution in [0, 0.1) is 5.92 Å². The largest absolute Gasteiger partial charge is 0.481 e. The zero-order valence-corrected chi connectivity index (χ0v) is 9.44. The summed E-state index contributed by atoms with van der Waals surface area (Å²) >= 11 is 1.18. The van der Waals surface area contributed by atoms with Crippen LogP contribution in [0.4, 0.5) is 10.5 Å². The Morgan fingerprint density at radius 2 is 2.06 bits per heavy atom. The van der Waals surface area contributed by atoms with Crippen molar-refractivity contribution >= 4 is 34.9 Å². The zero-order chi connectivity index (χ0) is 12.6. The maximum absolute atomic E-state index is 11.9. The Morgan fingerprint density at radius 1 is 1.35 bits per heavy atom. The molecular formula is C10H9NO5S. The first kappa shape index (κ1) is 11.6. The maximum Gasteiger partial charge on any atom is 0.411 e. The summed E-state index contributed by atoms with van der Waals surface area (Å²) in [6, 6.07) is 0. The van der Waals surface area contributed by atoms with E-state index in [1.54, 1.807) is 5.38 Å². The Hall–Kier alpha value is -1.89. The number of hydrogen-bond acceptors (Lipinski definition) is 4. The number of anilines is 1. The monoisotopic (exact) mass is 255 g/mol. The van der Waals surface area contributed by atoms with E-state index in [9.17, 15) is 14.4 Å². The number of carboxylic acid groups (broad SMARTS) is 2. The molecule has 1 aromatic rings. The van der Waals surface area contributed by atoms with Gasteiger partial charge >= 0.3 is 12.1 Å². The van der Waals surface area contributed by atoms with Gasteiger partial charge in [0.25, 0.3) is 0 Å². The van der Waals surface area contributed by atoms with Gasteiger partial charge in [-0.2, -0.15) is 0 Å².